The fourth-order valence-corrected chi connectivity index (χ4v) is 5.60. The largest absolute Gasteiger partial charge is 0.493 e. The van der Waals surface area contributed by atoms with E-state index in [1.807, 2.05) is 6.07 Å². The van der Waals surface area contributed by atoms with Crippen molar-refractivity contribution in [3.63, 3.8) is 0 Å². The molecule has 4 nitrogen and oxygen atoms in total. The Balaban J connectivity index is 1.71. The topological polar surface area (TPSA) is 47.9 Å². The molecule has 28 heavy (non-hydrogen) atoms. The van der Waals surface area contributed by atoms with Crippen LogP contribution in [0, 0.1) is 17.3 Å². The van der Waals surface area contributed by atoms with Crippen LogP contribution in [0.1, 0.15) is 65.4 Å². The highest BCUT2D eigenvalue weighted by atomic mass is 16.5. The lowest BCUT2D eigenvalue weighted by Crippen LogP contribution is -2.47. The third-order valence-corrected chi connectivity index (χ3v) is 7.02. The first-order chi connectivity index (χ1) is 13.2. The van der Waals surface area contributed by atoms with Crippen LogP contribution in [-0.2, 0) is 11.2 Å². The van der Waals surface area contributed by atoms with E-state index in [9.17, 15) is 5.11 Å². The predicted molar refractivity (Wildman–Crippen MR) is 112 cm³/mol. The minimum Gasteiger partial charge on any atom is -0.493 e. The maximum atomic E-state index is 10.8. The van der Waals surface area contributed by atoms with E-state index >= 15 is 0 Å². The van der Waals surface area contributed by atoms with Gasteiger partial charge in [-0.2, -0.15) is 0 Å². The van der Waals surface area contributed by atoms with Gasteiger partial charge in [0.2, 0.25) is 0 Å². The van der Waals surface area contributed by atoms with Crippen molar-refractivity contribution in [1.29, 1.82) is 0 Å². The third kappa shape index (κ3) is 4.33. The Morgan fingerprint density at radius 2 is 1.79 bits per heavy atom. The average molecular weight is 391 g/mol. The zero-order valence-corrected chi connectivity index (χ0v) is 18.5. The van der Waals surface area contributed by atoms with Crippen molar-refractivity contribution in [2.75, 3.05) is 14.2 Å². The Kier molecular flexibility index (Phi) is 6.31. The van der Waals surface area contributed by atoms with E-state index in [1.165, 1.54) is 5.56 Å². The lowest BCUT2D eigenvalue weighted by Gasteiger charge is -2.48. The molecule has 0 radical (unpaired) electrons. The smallest absolute Gasteiger partial charge is 0.160 e. The number of aryl methyl sites for hydroxylation is 1. The molecule has 0 aliphatic heterocycles. The Morgan fingerprint density at radius 1 is 1.07 bits per heavy atom. The lowest BCUT2D eigenvalue weighted by molar-refractivity contribution is -0.136. The van der Waals surface area contributed by atoms with Gasteiger partial charge in [-0.05, 0) is 94.2 Å². The first-order valence-corrected chi connectivity index (χ1v) is 10.7. The van der Waals surface area contributed by atoms with Gasteiger partial charge < -0.3 is 19.3 Å². The molecule has 5 atom stereocenters. The van der Waals surface area contributed by atoms with E-state index < -0.39 is 0 Å². The molecule has 0 spiro atoms. The molecule has 3 rings (SSSR count). The molecule has 1 N–H and O–H groups in total. The number of fused-ring (bicyclic) bond motifs is 1. The van der Waals surface area contributed by atoms with Crippen LogP contribution in [0.15, 0.2) is 18.2 Å². The van der Waals surface area contributed by atoms with Gasteiger partial charge in [-0.1, -0.05) is 13.0 Å². The third-order valence-electron chi connectivity index (χ3n) is 7.02. The summed E-state index contributed by atoms with van der Waals surface area (Å²) in [7, 11) is 3.33. The number of benzene rings is 1. The van der Waals surface area contributed by atoms with Gasteiger partial charge in [0.05, 0.1) is 32.0 Å². The number of aliphatic hydroxyl groups excluding tert-OH is 1. The second-order valence-electron chi connectivity index (χ2n) is 9.91. The van der Waals surface area contributed by atoms with Crippen LogP contribution in [0.2, 0.25) is 0 Å². The number of aliphatic hydroxyl groups is 1. The normalized spacial score (nSPS) is 32.8. The van der Waals surface area contributed by atoms with Crippen molar-refractivity contribution in [1.82, 2.24) is 0 Å². The molecule has 0 amide bonds. The summed E-state index contributed by atoms with van der Waals surface area (Å²) in [5, 5.41) is 10.8. The van der Waals surface area contributed by atoms with Crippen LogP contribution < -0.4 is 9.47 Å². The van der Waals surface area contributed by atoms with Crippen LogP contribution in [-0.4, -0.2) is 37.1 Å². The Morgan fingerprint density at radius 3 is 2.43 bits per heavy atom. The zero-order chi connectivity index (χ0) is 20.5. The Labute approximate surface area is 170 Å². The van der Waals surface area contributed by atoms with Crippen molar-refractivity contribution in [3.8, 4) is 11.5 Å². The standard InChI is InChI=1S/C24H38O4/c1-23(2,3)28-22-12-10-18-17(19(25)13-14-24(18,22)4)9-7-16-8-11-20(26-5)21(15-16)27-6/h8,11,15,17-19,22,25H,7,9-10,12-14H2,1-6H3/t17?,18-,19?,22-,24-/m0/s1. The Bertz CT molecular complexity index is 665. The molecule has 0 saturated heterocycles. The van der Waals surface area contributed by atoms with Gasteiger partial charge in [0, 0.05) is 0 Å². The van der Waals surface area contributed by atoms with E-state index in [1.54, 1.807) is 14.2 Å². The highest BCUT2D eigenvalue weighted by Gasteiger charge is 2.54. The van der Waals surface area contributed by atoms with Gasteiger partial charge in [0.25, 0.3) is 0 Å². The molecule has 0 bridgehead atoms. The maximum absolute atomic E-state index is 10.8. The van der Waals surface area contributed by atoms with Gasteiger partial charge >= 0.3 is 0 Å². The average Bonchev–Trinajstić information content (AvgIpc) is 2.96. The van der Waals surface area contributed by atoms with Crippen molar-refractivity contribution >= 4 is 0 Å². The van der Waals surface area contributed by atoms with E-state index in [0.29, 0.717) is 17.9 Å². The molecule has 158 valence electrons. The molecule has 1 aromatic rings. The molecule has 2 unspecified atom stereocenters. The van der Waals surface area contributed by atoms with E-state index in [2.05, 4.69) is 39.8 Å². The fraction of sp³-hybridized carbons (Fsp3) is 0.750. The molecular weight excluding hydrogens is 352 g/mol. The minimum absolute atomic E-state index is 0.117. The number of methoxy groups -OCH3 is 2. The zero-order valence-electron chi connectivity index (χ0n) is 18.5. The van der Waals surface area contributed by atoms with Crippen molar-refractivity contribution in [2.45, 2.75) is 84.0 Å². The second kappa shape index (κ2) is 8.23. The molecular formula is C24H38O4. The highest BCUT2D eigenvalue weighted by molar-refractivity contribution is 5.42. The van der Waals surface area contributed by atoms with Gasteiger partial charge in [0.1, 0.15) is 0 Å². The summed E-state index contributed by atoms with van der Waals surface area (Å²) in [6.07, 6.45) is 6.25. The lowest BCUT2D eigenvalue weighted by atomic mass is 9.61. The molecule has 0 heterocycles. The monoisotopic (exact) mass is 390 g/mol. The Hall–Kier alpha value is -1.26. The molecule has 2 fully saturated rings. The number of hydrogen-bond donors (Lipinski definition) is 1. The first kappa shape index (κ1) is 21.4. The summed E-state index contributed by atoms with van der Waals surface area (Å²) in [6.45, 7) is 8.85. The van der Waals surface area contributed by atoms with Crippen molar-refractivity contribution in [2.24, 2.45) is 17.3 Å². The number of rotatable bonds is 6. The fourth-order valence-electron chi connectivity index (χ4n) is 5.60. The van der Waals surface area contributed by atoms with Crippen LogP contribution >= 0.6 is 0 Å². The van der Waals surface area contributed by atoms with E-state index in [-0.39, 0.29) is 17.1 Å². The van der Waals surface area contributed by atoms with Gasteiger partial charge in [-0.3, -0.25) is 0 Å². The van der Waals surface area contributed by atoms with Crippen LogP contribution in [0.5, 0.6) is 11.5 Å². The summed E-state index contributed by atoms with van der Waals surface area (Å²) >= 11 is 0. The van der Waals surface area contributed by atoms with Crippen molar-refractivity contribution < 1.29 is 19.3 Å². The number of ether oxygens (including phenoxy) is 3. The number of hydrogen-bond acceptors (Lipinski definition) is 4. The van der Waals surface area contributed by atoms with Gasteiger partial charge in [-0.25, -0.2) is 0 Å². The molecule has 2 saturated carbocycles. The molecule has 2 aliphatic rings. The van der Waals surface area contributed by atoms with Gasteiger partial charge in [0.15, 0.2) is 11.5 Å². The molecule has 2 aliphatic carbocycles. The molecule has 0 aromatic heterocycles. The minimum atomic E-state index is -0.202. The SMILES string of the molecule is COc1ccc(CCC2C(O)CC[C@]3(C)[C@@H](OC(C)(C)C)CC[C@@H]23)cc1OC. The van der Waals surface area contributed by atoms with Crippen LogP contribution in [0.4, 0.5) is 0 Å². The highest BCUT2D eigenvalue weighted by Crippen LogP contribution is 2.57. The summed E-state index contributed by atoms with van der Waals surface area (Å²) in [5.41, 5.74) is 1.29. The van der Waals surface area contributed by atoms with Crippen molar-refractivity contribution in [3.05, 3.63) is 23.8 Å². The summed E-state index contributed by atoms with van der Waals surface area (Å²) in [4.78, 5) is 0. The summed E-state index contributed by atoms with van der Waals surface area (Å²) in [6, 6.07) is 6.14. The summed E-state index contributed by atoms with van der Waals surface area (Å²) in [5.74, 6) is 2.40. The van der Waals surface area contributed by atoms with E-state index in [0.717, 1.165) is 50.0 Å². The van der Waals surface area contributed by atoms with E-state index in [4.69, 9.17) is 14.2 Å². The molecule has 4 heteroatoms. The van der Waals surface area contributed by atoms with Crippen LogP contribution in [0.25, 0.3) is 0 Å². The first-order valence-electron chi connectivity index (χ1n) is 10.7. The second-order valence-corrected chi connectivity index (χ2v) is 9.91. The van der Waals surface area contributed by atoms with Gasteiger partial charge in [-0.15, -0.1) is 0 Å². The maximum Gasteiger partial charge on any atom is 0.160 e. The summed E-state index contributed by atoms with van der Waals surface area (Å²) < 4.78 is 17.3. The quantitative estimate of drug-likeness (QED) is 0.742. The molecule has 1 aromatic carbocycles. The van der Waals surface area contributed by atoms with Crippen LogP contribution in [0.3, 0.4) is 0 Å². The predicted octanol–water partition coefficient (Wildman–Crippen LogP) is 5.01.